The molecule has 0 atom stereocenters. The van der Waals surface area contributed by atoms with Crippen LogP contribution in [0.25, 0.3) is 0 Å². The molecule has 0 aliphatic heterocycles. The van der Waals surface area contributed by atoms with Crippen LogP contribution in [0, 0.1) is 13.8 Å². The normalized spacial score (nSPS) is 10.2. The Morgan fingerprint density at radius 1 is 1.32 bits per heavy atom. The molecule has 0 radical (unpaired) electrons. The summed E-state index contributed by atoms with van der Waals surface area (Å²) >= 11 is 6.26. The van der Waals surface area contributed by atoms with Crippen LogP contribution in [0.5, 0.6) is 0 Å². The van der Waals surface area contributed by atoms with Crippen LogP contribution >= 0.6 is 23.6 Å². The molecule has 2 rings (SSSR count). The van der Waals surface area contributed by atoms with Gasteiger partial charge < -0.3 is 11.1 Å². The Morgan fingerprint density at radius 2 is 1.95 bits per heavy atom. The van der Waals surface area contributed by atoms with Gasteiger partial charge >= 0.3 is 0 Å². The van der Waals surface area contributed by atoms with Crippen molar-refractivity contribution in [1.82, 2.24) is 4.98 Å². The molecule has 0 unspecified atom stereocenters. The zero-order valence-electron chi connectivity index (χ0n) is 10.6. The maximum Gasteiger partial charge on any atom is 0.267 e. The largest absolute Gasteiger partial charge is 0.389 e. The molecule has 0 saturated heterocycles. The van der Waals surface area contributed by atoms with Gasteiger partial charge in [0.15, 0.2) is 0 Å². The average Bonchev–Trinajstić information content (AvgIpc) is 2.69. The monoisotopic (exact) mass is 291 g/mol. The van der Waals surface area contributed by atoms with Crippen molar-refractivity contribution in [2.75, 3.05) is 5.32 Å². The van der Waals surface area contributed by atoms with Crippen LogP contribution < -0.4 is 11.1 Å². The third-order valence-electron chi connectivity index (χ3n) is 2.54. The maximum absolute atomic E-state index is 12.1. The van der Waals surface area contributed by atoms with E-state index < -0.39 is 0 Å². The standard InChI is InChI=1S/C13H13N3OS2/c1-7-11(19-8(2)15-7)13(17)16-10-5-3-9(4-6-10)12(14)18/h3-6H,1-2H3,(H2,14,18)(H,16,17). The van der Waals surface area contributed by atoms with Crippen LogP contribution in [0.15, 0.2) is 24.3 Å². The van der Waals surface area contributed by atoms with Crippen molar-refractivity contribution in [2.45, 2.75) is 13.8 Å². The summed E-state index contributed by atoms with van der Waals surface area (Å²) in [5, 5.41) is 3.71. The average molecular weight is 291 g/mol. The molecule has 3 N–H and O–H groups in total. The van der Waals surface area contributed by atoms with Gasteiger partial charge in [-0.05, 0) is 38.1 Å². The summed E-state index contributed by atoms with van der Waals surface area (Å²) in [4.78, 5) is 17.3. The molecule has 19 heavy (non-hydrogen) atoms. The summed E-state index contributed by atoms with van der Waals surface area (Å²) in [6.07, 6.45) is 0. The highest BCUT2D eigenvalue weighted by Gasteiger charge is 2.13. The number of aryl methyl sites for hydroxylation is 2. The number of amides is 1. The first-order valence-corrected chi connectivity index (χ1v) is 6.85. The second kappa shape index (κ2) is 5.46. The molecule has 6 heteroatoms. The zero-order chi connectivity index (χ0) is 14.0. The topological polar surface area (TPSA) is 68.0 Å². The Hall–Kier alpha value is -1.79. The molecule has 1 amide bonds. The van der Waals surface area contributed by atoms with Crippen molar-refractivity contribution in [3.8, 4) is 0 Å². The lowest BCUT2D eigenvalue weighted by atomic mass is 10.2. The predicted octanol–water partition coefficient (Wildman–Crippen LogP) is 2.65. The Kier molecular flexibility index (Phi) is 3.92. The molecule has 0 aliphatic carbocycles. The molecule has 2 aromatic rings. The van der Waals surface area contributed by atoms with Crippen molar-refractivity contribution < 1.29 is 4.79 Å². The number of anilines is 1. The third kappa shape index (κ3) is 3.15. The fourth-order valence-corrected chi connectivity index (χ4v) is 2.60. The van der Waals surface area contributed by atoms with E-state index in [9.17, 15) is 4.79 Å². The van der Waals surface area contributed by atoms with Crippen LogP contribution in [-0.2, 0) is 0 Å². The van der Waals surface area contributed by atoms with Crippen molar-refractivity contribution in [3.05, 3.63) is 45.4 Å². The zero-order valence-corrected chi connectivity index (χ0v) is 12.2. The van der Waals surface area contributed by atoms with E-state index in [1.165, 1.54) is 11.3 Å². The van der Waals surface area contributed by atoms with Crippen molar-refractivity contribution in [3.63, 3.8) is 0 Å². The van der Waals surface area contributed by atoms with Gasteiger partial charge in [-0.1, -0.05) is 12.2 Å². The van der Waals surface area contributed by atoms with Crippen molar-refractivity contribution >= 4 is 40.1 Å². The van der Waals surface area contributed by atoms with Crippen molar-refractivity contribution in [2.24, 2.45) is 5.73 Å². The van der Waals surface area contributed by atoms with E-state index in [-0.39, 0.29) is 5.91 Å². The van der Waals surface area contributed by atoms with E-state index in [2.05, 4.69) is 10.3 Å². The minimum atomic E-state index is -0.147. The lowest BCUT2D eigenvalue weighted by Crippen LogP contribution is -2.12. The fraction of sp³-hybridized carbons (Fsp3) is 0.154. The summed E-state index contributed by atoms with van der Waals surface area (Å²) in [7, 11) is 0. The molecule has 0 aliphatic rings. The second-order valence-corrected chi connectivity index (χ2v) is 5.69. The van der Waals surface area contributed by atoms with Crippen LogP contribution in [0.1, 0.15) is 25.9 Å². The van der Waals surface area contributed by atoms with Gasteiger partial charge in [0, 0.05) is 11.3 Å². The smallest absolute Gasteiger partial charge is 0.267 e. The molecule has 1 aromatic carbocycles. The number of rotatable bonds is 3. The van der Waals surface area contributed by atoms with Gasteiger partial charge in [0.05, 0.1) is 10.7 Å². The Balaban J connectivity index is 2.15. The number of nitrogens with one attached hydrogen (secondary N) is 1. The first-order valence-electron chi connectivity index (χ1n) is 5.62. The van der Waals surface area contributed by atoms with Gasteiger partial charge in [0.2, 0.25) is 0 Å². The summed E-state index contributed by atoms with van der Waals surface area (Å²) in [6, 6.07) is 7.11. The summed E-state index contributed by atoms with van der Waals surface area (Å²) in [5.74, 6) is -0.147. The quantitative estimate of drug-likeness (QED) is 0.853. The van der Waals surface area contributed by atoms with Gasteiger partial charge in [-0.2, -0.15) is 0 Å². The van der Waals surface area contributed by atoms with E-state index in [4.69, 9.17) is 18.0 Å². The van der Waals surface area contributed by atoms with Crippen molar-refractivity contribution in [1.29, 1.82) is 0 Å². The van der Waals surface area contributed by atoms with Gasteiger partial charge in [-0.15, -0.1) is 11.3 Å². The number of aromatic nitrogens is 1. The van der Waals surface area contributed by atoms with E-state index in [1.807, 2.05) is 13.8 Å². The molecule has 4 nitrogen and oxygen atoms in total. The number of carbonyl (C=O) groups is 1. The predicted molar refractivity (Wildman–Crippen MR) is 81.9 cm³/mol. The molecule has 1 aromatic heterocycles. The van der Waals surface area contributed by atoms with Gasteiger partial charge in [-0.3, -0.25) is 4.79 Å². The number of benzene rings is 1. The highest BCUT2D eigenvalue weighted by atomic mass is 32.1. The molecule has 0 bridgehead atoms. The Bertz CT molecular complexity index is 632. The minimum absolute atomic E-state index is 0.147. The molecule has 98 valence electrons. The summed E-state index contributed by atoms with van der Waals surface area (Å²) in [6.45, 7) is 3.71. The number of nitrogens with two attached hydrogens (primary N) is 1. The van der Waals surface area contributed by atoms with Gasteiger partial charge in [-0.25, -0.2) is 4.98 Å². The van der Waals surface area contributed by atoms with Gasteiger partial charge in [0.1, 0.15) is 9.87 Å². The highest BCUT2D eigenvalue weighted by Crippen LogP contribution is 2.19. The molecular formula is C13H13N3OS2. The molecule has 0 spiro atoms. The van der Waals surface area contributed by atoms with Crippen LogP contribution in [0.4, 0.5) is 5.69 Å². The SMILES string of the molecule is Cc1nc(C)c(C(=O)Nc2ccc(C(N)=S)cc2)s1. The number of hydrogen-bond donors (Lipinski definition) is 2. The molecule has 1 heterocycles. The van der Waals surface area contributed by atoms with E-state index >= 15 is 0 Å². The molecular weight excluding hydrogens is 278 g/mol. The fourth-order valence-electron chi connectivity index (χ4n) is 1.65. The van der Waals surface area contributed by atoms with Crippen LogP contribution in [0.2, 0.25) is 0 Å². The summed E-state index contributed by atoms with van der Waals surface area (Å²) in [5.41, 5.74) is 7.75. The maximum atomic E-state index is 12.1. The lowest BCUT2D eigenvalue weighted by molar-refractivity contribution is 0.103. The number of thiazole rings is 1. The summed E-state index contributed by atoms with van der Waals surface area (Å²) < 4.78 is 0. The number of hydrogen-bond acceptors (Lipinski definition) is 4. The third-order valence-corrected chi connectivity index (χ3v) is 3.84. The molecule has 0 saturated carbocycles. The highest BCUT2D eigenvalue weighted by molar-refractivity contribution is 7.80. The van der Waals surface area contributed by atoms with Crippen LogP contribution in [0.3, 0.4) is 0 Å². The van der Waals surface area contributed by atoms with E-state index in [1.54, 1.807) is 24.3 Å². The number of thiocarbonyl (C=S) groups is 1. The second-order valence-electron chi connectivity index (χ2n) is 4.04. The van der Waals surface area contributed by atoms with E-state index in [0.717, 1.165) is 16.3 Å². The van der Waals surface area contributed by atoms with Gasteiger partial charge in [0.25, 0.3) is 5.91 Å². The van der Waals surface area contributed by atoms with E-state index in [0.29, 0.717) is 15.6 Å². The first kappa shape index (κ1) is 13.6. The first-order chi connectivity index (χ1) is 8.97. The Labute approximate surface area is 120 Å². The van der Waals surface area contributed by atoms with Crippen LogP contribution in [-0.4, -0.2) is 15.9 Å². The lowest BCUT2D eigenvalue weighted by Gasteiger charge is -2.05. The number of nitrogens with zero attached hydrogens (tertiary/aromatic N) is 1. The Morgan fingerprint density at radius 3 is 2.42 bits per heavy atom. The number of carbonyl (C=O) groups excluding carboxylic acids is 1. The minimum Gasteiger partial charge on any atom is -0.389 e. The molecule has 0 fully saturated rings.